The van der Waals surface area contributed by atoms with Gasteiger partial charge in [0, 0.05) is 0 Å². The largest absolute Gasteiger partial charge is 0.448 e. The molecule has 0 fully saturated rings. The van der Waals surface area contributed by atoms with Gasteiger partial charge in [-0.3, -0.25) is 0 Å². The van der Waals surface area contributed by atoms with Gasteiger partial charge in [-0.25, -0.2) is 0 Å². The van der Waals surface area contributed by atoms with Crippen LogP contribution in [0, 0.1) is 0 Å². The minimum Gasteiger partial charge on any atom is -0.448 e. The fraction of sp³-hybridized carbons (Fsp3) is 0.0833. The van der Waals surface area contributed by atoms with E-state index in [2.05, 4.69) is 21.1 Å². The zero-order valence-corrected chi connectivity index (χ0v) is 10.1. The average molecular weight is 280 g/mol. The molecular weight excluding hydrogens is 270 g/mol. The predicted octanol–water partition coefficient (Wildman–Crippen LogP) is 3.59. The average Bonchev–Trinajstić information content (AvgIpc) is 2.72. The summed E-state index contributed by atoms with van der Waals surface area (Å²) < 4.78 is 5.90. The van der Waals surface area contributed by atoms with E-state index in [4.69, 9.17) is 9.25 Å². The molecule has 4 heteroatoms. The van der Waals surface area contributed by atoms with E-state index in [1.807, 2.05) is 30.3 Å². The number of rotatable bonds is 4. The Kier molecular flexibility index (Phi) is 3.77. The van der Waals surface area contributed by atoms with Crippen molar-refractivity contribution >= 4 is 22.1 Å². The van der Waals surface area contributed by atoms with Gasteiger partial charge in [0.25, 0.3) is 0 Å². The molecule has 0 aliphatic carbocycles. The van der Waals surface area contributed by atoms with Crippen LogP contribution in [0.2, 0.25) is 0 Å². The summed E-state index contributed by atoms with van der Waals surface area (Å²) in [4.78, 5) is 5.13. The first-order chi connectivity index (χ1) is 7.84. The second-order valence-electron chi connectivity index (χ2n) is 3.14. The molecule has 0 aliphatic heterocycles. The Morgan fingerprint density at radius 2 is 2.00 bits per heavy atom. The zero-order valence-electron chi connectivity index (χ0n) is 8.47. The van der Waals surface area contributed by atoms with Crippen LogP contribution in [-0.2, 0) is 11.4 Å². The highest BCUT2D eigenvalue weighted by molar-refractivity contribution is 9.10. The molecule has 0 saturated carbocycles. The van der Waals surface area contributed by atoms with Crippen LogP contribution in [0.15, 0.2) is 56.7 Å². The van der Waals surface area contributed by atoms with Crippen molar-refractivity contribution in [2.24, 2.45) is 5.16 Å². The molecule has 0 spiro atoms. The maximum absolute atomic E-state index is 5.22. The van der Waals surface area contributed by atoms with Gasteiger partial charge in [-0.05, 0) is 33.6 Å². The monoisotopic (exact) mass is 279 g/mol. The van der Waals surface area contributed by atoms with Gasteiger partial charge in [-0.1, -0.05) is 35.5 Å². The Bertz CT molecular complexity index is 465. The first-order valence-corrected chi connectivity index (χ1v) is 5.58. The van der Waals surface area contributed by atoms with E-state index in [1.165, 1.54) is 6.21 Å². The molecule has 0 bridgehead atoms. The van der Waals surface area contributed by atoms with Crippen molar-refractivity contribution in [1.82, 2.24) is 0 Å². The SMILES string of the molecule is Brc1ccc(/C=N/OCc2ccccc2)o1. The molecule has 1 heterocycles. The van der Waals surface area contributed by atoms with Crippen molar-refractivity contribution in [3.63, 3.8) is 0 Å². The van der Waals surface area contributed by atoms with Gasteiger partial charge in [0.1, 0.15) is 18.6 Å². The van der Waals surface area contributed by atoms with Crippen LogP contribution in [-0.4, -0.2) is 6.21 Å². The van der Waals surface area contributed by atoms with Gasteiger partial charge in [0.05, 0.1) is 0 Å². The molecule has 1 aromatic heterocycles. The van der Waals surface area contributed by atoms with Crippen LogP contribution >= 0.6 is 15.9 Å². The molecule has 3 nitrogen and oxygen atoms in total. The van der Waals surface area contributed by atoms with Crippen molar-refractivity contribution in [2.75, 3.05) is 0 Å². The van der Waals surface area contributed by atoms with Crippen LogP contribution in [0.1, 0.15) is 11.3 Å². The lowest BCUT2D eigenvalue weighted by molar-refractivity contribution is 0.132. The molecule has 2 aromatic rings. The highest BCUT2D eigenvalue weighted by atomic mass is 79.9. The fourth-order valence-corrected chi connectivity index (χ4v) is 1.49. The van der Waals surface area contributed by atoms with Crippen molar-refractivity contribution < 1.29 is 9.25 Å². The number of furan rings is 1. The van der Waals surface area contributed by atoms with E-state index in [0.29, 0.717) is 17.0 Å². The minimum atomic E-state index is 0.458. The lowest BCUT2D eigenvalue weighted by atomic mass is 10.2. The van der Waals surface area contributed by atoms with E-state index >= 15 is 0 Å². The molecule has 0 saturated heterocycles. The number of oxime groups is 1. The van der Waals surface area contributed by atoms with Crippen LogP contribution in [0.4, 0.5) is 0 Å². The third-order valence-corrected chi connectivity index (χ3v) is 2.35. The highest BCUT2D eigenvalue weighted by Crippen LogP contribution is 2.12. The van der Waals surface area contributed by atoms with E-state index in [0.717, 1.165) is 5.56 Å². The van der Waals surface area contributed by atoms with Gasteiger partial charge >= 0.3 is 0 Å². The first kappa shape index (κ1) is 11.0. The highest BCUT2D eigenvalue weighted by Gasteiger charge is 1.94. The van der Waals surface area contributed by atoms with Gasteiger partial charge in [0.2, 0.25) is 0 Å². The maximum atomic E-state index is 5.22. The summed E-state index contributed by atoms with van der Waals surface area (Å²) in [6.45, 7) is 0.458. The van der Waals surface area contributed by atoms with Crippen molar-refractivity contribution in [2.45, 2.75) is 6.61 Å². The number of hydrogen-bond donors (Lipinski definition) is 0. The molecule has 0 N–H and O–H groups in total. The summed E-state index contributed by atoms with van der Waals surface area (Å²) in [6.07, 6.45) is 1.54. The second kappa shape index (κ2) is 5.51. The normalized spacial score (nSPS) is 10.8. The number of hydrogen-bond acceptors (Lipinski definition) is 3. The third-order valence-electron chi connectivity index (χ3n) is 1.92. The summed E-state index contributed by atoms with van der Waals surface area (Å²) in [5.74, 6) is 0.653. The van der Waals surface area contributed by atoms with Crippen LogP contribution in [0.25, 0.3) is 0 Å². The lowest BCUT2D eigenvalue weighted by Crippen LogP contribution is -1.86. The molecule has 0 amide bonds. The quantitative estimate of drug-likeness (QED) is 0.633. The Hall–Kier alpha value is -1.55. The van der Waals surface area contributed by atoms with Gasteiger partial charge < -0.3 is 9.25 Å². The third kappa shape index (κ3) is 3.24. The Balaban J connectivity index is 1.82. The summed E-state index contributed by atoms with van der Waals surface area (Å²) in [5, 5.41) is 3.81. The molecule has 1 aromatic carbocycles. The fourth-order valence-electron chi connectivity index (χ4n) is 1.17. The summed E-state index contributed by atoms with van der Waals surface area (Å²) >= 11 is 3.21. The standard InChI is InChI=1S/C12H10BrNO2/c13-12-7-6-11(16-12)8-14-15-9-10-4-2-1-3-5-10/h1-8H,9H2/b14-8+. The lowest BCUT2D eigenvalue weighted by Gasteiger charge is -1.97. The van der Waals surface area contributed by atoms with Crippen LogP contribution in [0.5, 0.6) is 0 Å². The molecule has 0 aliphatic rings. The van der Waals surface area contributed by atoms with Gasteiger partial charge in [-0.2, -0.15) is 0 Å². The van der Waals surface area contributed by atoms with Crippen LogP contribution < -0.4 is 0 Å². The molecule has 0 atom stereocenters. The molecule has 0 radical (unpaired) electrons. The van der Waals surface area contributed by atoms with Crippen LogP contribution in [0.3, 0.4) is 0 Å². The van der Waals surface area contributed by atoms with Crippen molar-refractivity contribution in [1.29, 1.82) is 0 Å². The van der Waals surface area contributed by atoms with Gasteiger partial charge in [-0.15, -0.1) is 0 Å². The summed E-state index contributed by atoms with van der Waals surface area (Å²) in [7, 11) is 0. The summed E-state index contributed by atoms with van der Waals surface area (Å²) in [5.41, 5.74) is 1.08. The van der Waals surface area contributed by atoms with Crippen molar-refractivity contribution in [3.8, 4) is 0 Å². The maximum Gasteiger partial charge on any atom is 0.169 e. The van der Waals surface area contributed by atoms with E-state index in [1.54, 1.807) is 12.1 Å². The number of nitrogens with zero attached hydrogens (tertiary/aromatic N) is 1. The molecule has 16 heavy (non-hydrogen) atoms. The Morgan fingerprint density at radius 3 is 2.69 bits per heavy atom. The predicted molar refractivity (Wildman–Crippen MR) is 65.2 cm³/mol. The summed E-state index contributed by atoms with van der Waals surface area (Å²) in [6, 6.07) is 13.5. The molecular formula is C12H10BrNO2. The zero-order chi connectivity index (χ0) is 11.2. The van der Waals surface area contributed by atoms with E-state index in [-0.39, 0.29) is 0 Å². The topological polar surface area (TPSA) is 34.7 Å². The number of halogens is 1. The Morgan fingerprint density at radius 1 is 1.19 bits per heavy atom. The Labute approximate surface area is 102 Å². The number of benzene rings is 1. The molecule has 2 rings (SSSR count). The minimum absolute atomic E-state index is 0.458. The van der Waals surface area contributed by atoms with E-state index in [9.17, 15) is 0 Å². The second-order valence-corrected chi connectivity index (χ2v) is 3.92. The molecule has 82 valence electrons. The first-order valence-electron chi connectivity index (χ1n) is 4.79. The van der Waals surface area contributed by atoms with Crippen molar-refractivity contribution in [3.05, 3.63) is 58.5 Å². The van der Waals surface area contributed by atoms with E-state index < -0.39 is 0 Å². The molecule has 0 unspecified atom stereocenters. The van der Waals surface area contributed by atoms with Gasteiger partial charge in [0.15, 0.2) is 4.67 Å². The smallest absolute Gasteiger partial charge is 0.169 e.